The van der Waals surface area contributed by atoms with Crippen LogP contribution in [-0.2, 0) is 0 Å². The van der Waals surface area contributed by atoms with Crippen LogP contribution in [0.2, 0.25) is 0 Å². The van der Waals surface area contributed by atoms with E-state index in [1.165, 1.54) is 25.7 Å². The van der Waals surface area contributed by atoms with E-state index >= 15 is 0 Å². The van der Waals surface area contributed by atoms with Crippen molar-refractivity contribution in [1.29, 1.82) is 0 Å². The van der Waals surface area contributed by atoms with Crippen molar-refractivity contribution in [2.45, 2.75) is 38.5 Å². The maximum absolute atomic E-state index is 5.80. The Balaban J connectivity index is 2.32. The predicted molar refractivity (Wildman–Crippen MR) is 40.3 cm³/mol. The van der Waals surface area contributed by atoms with Crippen LogP contribution in [0.25, 0.3) is 0 Å². The van der Waals surface area contributed by atoms with Crippen LogP contribution in [-0.4, -0.2) is 0 Å². The lowest BCUT2D eigenvalue weighted by Gasteiger charge is -2.03. The van der Waals surface area contributed by atoms with Crippen LogP contribution in [0.15, 0.2) is 5.03 Å². The van der Waals surface area contributed by atoms with Gasteiger partial charge in [0.25, 0.3) is 0 Å². The summed E-state index contributed by atoms with van der Waals surface area (Å²) in [5, 5.41) is 0.953. The maximum Gasteiger partial charge on any atom is 0.0216 e. The van der Waals surface area contributed by atoms with Gasteiger partial charge in [-0.1, -0.05) is 24.4 Å². The molecule has 0 aromatic rings. The van der Waals surface area contributed by atoms with Gasteiger partial charge in [0, 0.05) is 5.03 Å². The second kappa shape index (κ2) is 3.94. The summed E-state index contributed by atoms with van der Waals surface area (Å²) >= 11 is 5.80. The lowest BCUT2D eigenvalue weighted by Crippen LogP contribution is -1.84. The minimum atomic E-state index is 0.953. The third kappa shape index (κ3) is 2.90. The summed E-state index contributed by atoms with van der Waals surface area (Å²) in [6.07, 6.45) is 10.5. The standard InChI is InChI=1S/C8H12Cl/c9-8-6-4-2-1-3-5-7-8/h1-6H2. The summed E-state index contributed by atoms with van der Waals surface area (Å²) in [7, 11) is 0. The Morgan fingerprint density at radius 2 is 1.89 bits per heavy atom. The molecule has 0 atom stereocenters. The van der Waals surface area contributed by atoms with Crippen molar-refractivity contribution in [2.24, 2.45) is 0 Å². The van der Waals surface area contributed by atoms with Crippen LogP contribution in [0.5, 0.6) is 0 Å². The third-order valence-electron chi connectivity index (χ3n) is 1.64. The zero-order chi connectivity index (χ0) is 6.53. The van der Waals surface area contributed by atoms with Gasteiger partial charge in [0.1, 0.15) is 0 Å². The molecule has 0 aromatic carbocycles. The van der Waals surface area contributed by atoms with Crippen LogP contribution in [0.3, 0.4) is 0 Å². The highest BCUT2D eigenvalue weighted by Gasteiger charge is 1.97. The first-order valence-electron chi connectivity index (χ1n) is 3.65. The molecule has 0 saturated carbocycles. The lowest BCUT2D eigenvalue weighted by molar-refractivity contribution is 0.628. The Morgan fingerprint density at radius 3 is 2.78 bits per heavy atom. The van der Waals surface area contributed by atoms with E-state index in [2.05, 4.69) is 6.08 Å². The largest absolute Gasteiger partial charge is 0.0888 e. The zero-order valence-corrected chi connectivity index (χ0v) is 6.38. The normalized spacial score (nSPS) is 27.9. The number of hydrogen-bond acceptors (Lipinski definition) is 0. The summed E-state index contributed by atoms with van der Waals surface area (Å²) in [5.74, 6) is 0. The van der Waals surface area contributed by atoms with Crippen molar-refractivity contribution in [3.63, 3.8) is 0 Å². The number of halogens is 1. The first kappa shape index (κ1) is 7.14. The average molecular weight is 144 g/mol. The van der Waals surface area contributed by atoms with Gasteiger partial charge in [-0.25, -0.2) is 0 Å². The number of hydrogen-bond donors (Lipinski definition) is 0. The Morgan fingerprint density at radius 1 is 1.11 bits per heavy atom. The smallest absolute Gasteiger partial charge is 0.0216 e. The molecule has 1 rings (SSSR count). The maximum atomic E-state index is 5.80. The minimum absolute atomic E-state index is 0.953. The molecule has 0 aliphatic heterocycles. The van der Waals surface area contributed by atoms with Crippen LogP contribution in [0.4, 0.5) is 0 Å². The molecule has 0 unspecified atom stereocenters. The van der Waals surface area contributed by atoms with E-state index in [9.17, 15) is 0 Å². The molecule has 51 valence electrons. The highest BCUT2D eigenvalue weighted by Crippen LogP contribution is 2.18. The van der Waals surface area contributed by atoms with Gasteiger partial charge in [-0.05, 0) is 31.8 Å². The summed E-state index contributed by atoms with van der Waals surface area (Å²) in [6.45, 7) is 0. The zero-order valence-electron chi connectivity index (χ0n) is 5.62. The van der Waals surface area contributed by atoms with Crippen molar-refractivity contribution in [3.8, 4) is 0 Å². The summed E-state index contributed by atoms with van der Waals surface area (Å²) in [5.41, 5.74) is 0. The molecule has 0 nitrogen and oxygen atoms in total. The van der Waals surface area contributed by atoms with Crippen LogP contribution >= 0.6 is 11.6 Å². The summed E-state index contributed by atoms with van der Waals surface area (Å²) < 4.78 is 0. The molecule has 9 heavy (non-hydrogen) atoms. The van der Waals surface area contributed by atoms with Crippen molar-refractivity contribution < 1.29 is 0 Å². The van der Waals surface area contributed by atoms with Gasteiger partial charge in [0.2, 0.25) is 0 Å². The Kier molecular flexibility index (Phi) is 3.13. The molecular formula is C8H12Cl. The van der Waals surface area contributed by atoms with Crippen LogP contribution in [0, 0.1) is 6.08 Å². The molecule has 1 aliphatic rings. The fraction of sp³-hybridized carbons (Fsp3) is 0.750. The molecule has 0 aromatic heterocycles. The van der Waals surface area contributed by atoms with E-state index < -0.39 is 0 Å². The number of rotatable bonds is 0. The van der Waals surface area contributed by atoms with Gasteiger partial charge in [0.15, 0.2) is 0 Å². The molecule has 1 heteroatoms. The lowest BCUT2D eigenvalue weighted by atomic mass is 10.1. The first-order valence-corrected chi connectivity index (χ1v) is 4.02. The first-order chi connectivity index (χ1) is 4.39. The fourth-order valence-electron chi connectivity index (χ4n) is 1.07. The van der Waals surface area contributed by atoms with Gasteiger partial charge in [-0.15, -0.1) is 0 Å². The van der Waals surface area contributed by atoms with Crippen LogP contribution in [0.1, 0.15) is 38.5 Å². The third-order valence-corrected chi connectivity index (χ3v) is 1.96. The molecule has 0 bridgehead atoms. The highest BCUT2D eigenvalue weighted by molar-refractivity contribution is 6.29. The van der Waals surface area contributed by atoms with E-state index in [4.69, 9.17) is 11.6 Å². The van der Waals surface area contributed by atoms with Crippen molar-refractivity contribution >= 4 is 11.6 Å². The molecule has 0 fully saturated rings. The molecule has 0 heterocycles. The number of allylic oxidation sites excluding steroid dienone is 2. The summed E-state index contributed by atoms with van der Waals surface area (Å²) in [6, 6.07) is 0. The molecule has 1 radical (unpaired) electrons. The Hall–Kier alpha value is 0.0300. The monoisotopic (exact) mass is 143 g/mol. The Bertz CT molecular complexity index is 105. The van der Waals surface area contributed by atoms with E-state index in [0.717, 1.165) is 17.9 Å². The summed E-state index contributed by atoms with van der Waals surface area (Å²) in [4.78, 5) is 0. The quantitative estimate of drug-likeness (QED) is 0.488. The molecule has 0 spiro atoms. The van der Waals surface area contributed by atoms with Crippen molar-refractivity contribution in [3.05, 3.63) is 11.1 Å². The molecule has 0 amide bonds. The average Bonchev–Trinajstić information content (AvgIpc) is 1.79. The second-order valence-electron chi connectivity index (χ2n) is 2.50. The van der Waals surface area contributed by atoms with E-state index in [0.29, 0.717) is 0 Å². The minimum Gasteiger partial charge on any atom is -0.0888 e. The van der Waals surface area contributed by atoms with Gasteiger partial charge in [-0.3, -0.25) is 0 Å². The van der Waals surface area contributed by atoms with Gasteiger partial charge in [-0.2, -0.15) is 0 Å². The van der Waals surface area contributed by atoms with Crippen molar-refractivity contribution in [1.82, 2.24) is 0 Å². The predicted octanol–water partition coefficient (Wildman–Crippen LogP) is 3.27. The van der Waals surface area contributed by atoms with E-state index in [1.807, 2.05) is 0 Å². The highest BCUT2D eigenvalue weighted by atomic mass is 35.5. The molecule has 1 aliphatic carbocycles. The SMILES string of the molecule is Cl/C1=[C]/CCCCCC1. The topological polar surface area (TPSA) is 0 Å². The van der Waals surface area contributed by atoms with E-state index in [-0.39, 0.29) is 0 Å². The Labute approximate surface area is 61.9 Å². The van der Waals surface area contributed by atoms with Gasteiger partial charge < -0.3 is 0 Å². The van der Waals surface area contributed by atoms with Crippen molar-refractivity contribution in [2.75, 3.05) is 0 Å². The molecule has 0 N–H and O–H groups in total. The fourth-order valence-corrected chi connectivity index (χ4v) is 1.30. The molecule has 0 saturated heterocycles. The van der Waals surface area contributed by atoms with Gasteiger partial charge >= 0.3 is 0 Å². The molecular weight excluding hydrogens is 132 g/mol. The van der Waals surface area contributed by atoms with Crippen LogP contribution < -0.4 is 0 Å². The van der Waals surface area contributed by atoms with Gasteiger partial charge in [0.05, 0.1) is 0 Å². The van der Waals surface area contributed by atoms with E-state index in [1.54, 1.807) is 0 Å². The second-order valence-corrected chi connectivity index (χ2v) is 2.95.